The fourth-order valence-corrected chi connectivity index (χ4v) is 2.96. The fraction of sp³-hybridized carbons (Fsp3) is 1.00. The van der Waals surface area contributed by atoms with Crippen molar-refractivity contribution in [2.75, 3.05) is 33.3 Å². The largest absolute Gasteiger partial charge is 0.396 e. The van der Waals surface area contributed by atoms with Gasteiger partial charge in [0.05, 0.1) is 26.7 Å². The molecule has 0 amide bonds. The third-order valence-corrected chi connectivity index (χ3v) is 4.46. The van der Waals surface area contributed by atoms with Crippen LogP contribution in [0.15, 0.2) is 0 Å². The highest BCUT2D eigenvalue weighted by Gasteiger charge is 2.19. The van der Waals surface area contributed by atoms with Crippen LogP contribution < -0.4 is 0 Å². The average molecular weight is 287 g/mol. The molecule has 0 aliphatic carbocycles. The van der Waals surface area contributed by atoms with Crippen molar-refractivity contribution in [2.45, 2.75) is 84.5 Å². The first-order valence-corrected chi connectivity index (χ1v) is 9.13. The monoisotopic (exact) mass is 286 g/mol. The van der Waals surface area contributed by atoms with E-state index < -0.39 is 0 Å². The van der Waals surface area contributed by atoms with Gasteiger partial charge in [-0.2, -0.15) is 0 Å². The van der Waals surface area contributed by atoms with Crippen LogP contribution >= 0.6 is 0 Å². The van der Waals surface area contributed by atoms with Crippen LogP contribution in [0.2, 0.25) is 0 Å². The Bertz CT molecular complexity index is 196. The first-order valence-electron chi connectivity index (χ1n) is 9.13. The van der Waals surface area contributed by atoms with E-state index in [4.69, 9.17) is 5.11 Å². The van der Waals surface area contributed by atoms with Crippen LogP contribution in [0, 0.1) is 0 Å². The minimum Gasteiger partial charge on any atom is -0.396 e. The van der Waals surface area contributed by atoms with E-state index >= 15 is 0 Å². The zero-order valence-electron chi connectivity index (χ0n) is 14.5. The molecular formula is C18H40NO+. The van der Waals surface area contributed by atoms with Crippen LogP contribution in [0.25, 0.3) is 0 Å². The van der Waals surface area contributed by atoms with Crippen LogP contribution in [-0.4, -0.2) is 42.9 Å². The fourth-order valence-electron chi connectivity index (χ4n) is 2.96. The standard InChI is InChI=1S/C18H40NO/c1-4-6-8-10-12-16-19(3,17-13-14-18-20)15-11-9-7-5-2/h20H,4-18H2,1-3H3/q+1. The van der Waals surface area contributed by atoms with Gasteiger partial charge in [0.25, 0.3) is 0 Å². The summed E-state index contributed by atoms with van der Waals surface area (Å²) in [6.07, 6.45) is 14.5. The molecule has 0 saturated heterocycles. The molecular weight excluding hydrogens is 246 g/mol. The number of quaternary nitrogens is 1. The zero-order chi connectivity index (χ0) is 15.1. The maximum atomic E-state index is 8.98. The molecule has 1 atom stereocenters. The summed E-state index contributed by atoms with van der Waals surface area (Å²) < 4.78 is 1.23. The van der Waals surface area contributed by atoms with E-state index in [9.17, 15) is 0 Å². The lowest BCUT2D eigenvalue weighted by atomic mass is 10.1. The number of nitrogens with zero attached hydrogens (tertiary/aromatic N) is 1. The maximum Gasteiger partial charge on any atom is 0.0785 e. The van der Waals surface area contributed by atoms with Gasteiger partial charge in [0.2, 0.25) is 0 Å². The van der Waals surface area contributed by atoms with Gasteiger partial charge in [-0.25, -0.2) is 0 Å². The predicted octanol–water partition coefficient (Wildman–Crippen LogP) is 4.76. The summed E-state index contributed by atoms with van der Waals surface area (Å²) in [5.41, 5.74) is 0. The van der Waals surface area contributed by atoms with E-state index in [1.54, 1.807) is 0 Å². The van der Waals surface area contributed by atoms with Gasteiger partial charge < -0.3 is 9.59 Å². The Balaban J connectivity index is 3.95. The van der Waals surface area contributed by atoms with E-state index in [-0.39, 0.29) is 0 Å². The number of hydrogen-bond donors (Lipinski definition) is 1. The van der Waals surface area contributed by atoms with Crippen molar-refractivity contribution < 1.29 is 9.59 Å². The van der Waals surface area contributed by atoms with Crippen LogP contribution in [0.3, 0.4) is 0 Å². The van der Waals surface area contributed by atoms with E-state index in [1.807, 2.05) is 0 Å². The Morgan fingerprint density at radius 2 is 1.00 bits per heavy atom. The van der Waals surface area contributed by atoms with Gasteiger partial charge in [-0.3, -0.25) is 0 Å². The van der Waals surface area contributed by atoms with Crippen LogP contribution in [0.5, 0.6) is 0 Å². The first kappa shape index (κ1) is 19.9. The first-order chi connectivity index (χ1) is 9.68. The Morgan fingerprint density at radius 1 is 0.600 bits per heavy atom. The molecule has 0 spiro atoms. The van der Waals surface area contributed by atoms with Crippen LogP contribution in [0.1, 0.15) is 84.5 Å². The van der Waals surface area contributed by atoms with E-state index in [2.05, 4.69) is 20.9 Å². The quantitative estimate of drug-likeness (QED) is 0.340. The highest BCUT2D eigenvalue weighted by atomic mass is 16.2. The van der Waals surface area contributed by atoms with Crippen molar-refractivity contribution in [1.29, 1.82) is 0 Å². The second-order valence-electron chi connectivity index (χ2n) is 6.70. The smallest absolute Gasteiger partial charge is 0.0785 e. The Morgan fingerprint density at radius 3 is 1.45 bits per heavy atom. The van der Waals surface area contributed by atoms with Crippen molar-refractivity contribution in [3.8, 4) is 0 Å². The number of aliphatic hydroxyl groups is 1. The van der Waals surface area contributed by atoms with Gasteiger partial charge in [-0.15, -0.1) is 0 Å². The van der Waals surface area contributed by atoms with Crippen molar-refractivity contribution >= 4 is 0 Å². The second-order valence-corrected chi connectivity index (χ2v) is 6.70. The lowest BCUT2D eigenvalue weighted by Crippen LogP contribution is -2.46. The predicted molar refractivity (Wildman–Crippen MR) is 90.0 cm³/mol. The highest BCUT2D eigenvalue weighted by Crippen LogP contribution is 2.14. The summed E-state index contributed by atoms with van der Waals surface area (Å²) in [5.74, 6) is 0. The minimum atomic E-state index is 0.354. The molecule has 0 aliphatic rings. The molecule has 1 unspecified atom stereocenters. The summed E-state index contributed by atoms with van der Waals surface area (Å²) in [6, 6.07) is 0. The molecule has 0 bridgehead atoms. The SMILES string of the molecule is CCCCCCC[N+](C)(CCCCO)CCCCCC. The van der Waals surface area contributed by atoms with Gasteiger partial charge in [0, 0.05) is 6.61 Å². The van der Waals surface area contributed by atoms with Crippen molar-refractivity contribution in [3.05, 3.63) is 0 Å². The van der Waals surface area contributed by atoms with Gasteiger partial charge >= 0.3 is 0 Å². The summed E-state index contributed by atoms with van der Waals surface area (Å²) in [6.45, 7) is 8.83. The summed E-state index contributed by atoms with van der Waals surface area (Å²) in [7, 11) is 2.43. The Hall–Kier alpha value is -0.0800. The van der Waals surface area contributed by atoms with Crippen molar-refractivity contribution in [2.24, 2.45) is 0 Å². The molecule has 122 valence electrons. The number of unbranched alkanes of at least 4 members (excludes halogenated alkanes) is 8. The molecule has 0 radical (unpaired) electrons. The lowest BCUT2D eigenvalue weighted by Gasteiger charge is -2.35. The van der Waals surface area contributed by atoms with Gasteiger partial charge in [-0.05, 0) is 38.5 Å². The average Bonchev–Trinajstić information content (AvgIpc) is 2.44. The lowest BCUT2D eigenvalue weighted by molar-refractivity contribution is -0.910. The van der Waals surface area contributed by atoms with E-state index in [0.29, 0.717) is 6.61 Å². The molecule has 0 aliphatic heterocycles. The Labute approximate surface area is 128 Å². The normalized spacial score (nSPS) is 14.4. The third kappa shape index (κ3) is 11.7. The molecule has 2 nitrogen and oxygen atoms in total. The highest BCUT2D eigenvalue weighted by molar-refractivity contribution is 4.48. The molecule has 0 aromatic heterocycles. The van der Waals surface area contributed by atoms with Crippen LogP contribution in [0.4, 0.5) is 0 Å². The zero-order valence-corrected chi connectivity index (χ0v) is 14.5. The molecule has 0 aromatic carbocycles. The molecule has 2 heteroatoms. The van der Waals surface area contributed by atoms with Crippen molar-refractivity contribution in [3.63, 3.8) is 0 Å². The molecule has 0 saturated carbocycles. The number of rotatable bonds is 15. The summed E-state index contributed by atoms with van der Waals surface area (Å²) in [4.78, 5) is 0. The third-order valence-electron chi connectivity index (χ3n) is 4.46. The molecule has 0 aromatic rings. The Kier molecular flexibility index (Phi) is 13.8. The number of hydrogen-bond acceptors (Lipinski definition) is 1. The molecule has 0 rings (SSSR count). The second kappa shape index (κ2) is 13.9. The van der Waals surface area contributed by atoms with Crippen LogP contribution in [-0.2, 0) is 0 Å². The molecule has 0 heterocycles. The topological polar surface area (TPSA) is 20.2 Å². The summed E-state index contributed by atoms with van der Waals surface area (Å²) in [5, 5.41) is 8.98. The minimum absolute atomic E-state index is 0.354. The van der Waals surface area contributed by atoms with Crippen molar-refractivity contribution in [1.82, 2.24) is 0 Å². The molecule has 1 N–H and O–H groups in total. The van der Waals surface area contributed by atoms with Gasteiger partial charge in [0.1, 0.15) is 0 Å². The molecule has 0 fully saturated rings. The van der Waals surface area contributed by atoms with Gasteiger partial charge in [-0.1, -0.05) is 46.0 Å². The number of aliphatic hydroxyl groups excluding tert-OH is 1. The molecule has 20 heavy (non-hydrogen) atoms. The van der Waals surface area contributed by atoms with E-state index in [1.165, 1.54) is 88.3 Å². The maximum absolute atomic E-state index is 8.98. The van der Waals surface area contributed by atoms with E-state index in [0.717, 1.165) is 6.42 Å². The van der Waals surface area contributed by atoms with Gasteiger partial charge in [0.15, 0.2) is 0 Å². The summed E-state index contributed by atoms with van der Waals surface area (Å²) >= 11 is 0.